The van der Waals surface area contributed by atoms with Crippen LogP contribution in [-0.4, -0.2) is 62.5 Å². The molecule has 112 valence electrons. The van der Waals surface area contributed by atoms with Gasteiger partial charge in [0.05, 0.1) is 31.5 Å². The van der Waals surface area contributed by atoms with Crippen LogP contribution in [-0.2, 0) is 19.0 Å². The first-order chi connectivity index (χ1) is 9.72. The number of carbonyl (C=O) groups excluding carboxylic acids is 1. The topological polar surface area (TPSA) is 48.0 Å². The largest absolute Gasteiger partial charge is 0.381 e. The van der Waals surface area contributed by atoms with E-state index in [1.807, 2.05) is 4.90 Å². The fraction of sp³-hybridized carbons (Fsp3) is 0.933. The molecule has 3 aliphatic heterocycles. The highest BCUT2D eigenvalue weighted by Crippen LogP contribution is 2.52. The Hall–Kier alpha value is -0.650. The van der Waals surface area contributed by atoms with E-state index in [0.717, 1.165) is 45.6 Å². The molecule has 0 aromatic heterocycles. The van der Waals surface area contributed by atoms with Crippen LogP contribution >= 0.6 is 0 Å². The fourth-order valence-corrected chi connectivity index (χ4v) is 4.34. The van der Waals surface area contributed by atoms with Crippen molar-refractivity contribution in [3.63, 3.8) is 0 Å². The molecule has 20 heavy (non-hydrogen) atoms. The Labute approximate surface area is 119 Å². The molecule has 1 unspecified atom stereocenters. The van der Waals surface area contributed by atoms with Crippen molar-refractivity contribution in [1.82, 2.24) is 4.90 Å². The minimum atomic E-state index is -0.144. The molecule has 0 aromatic carbocycles. The van der Waals surface area contributed by atoms with Crippen LogP contribution in [0.5, 0.6) is 0 Å². The van der Waals surface area contributed by atoms with Crippen LogP contribution in [0.3, 0.4) is 0 Å². The molecular weight excluding hydrogens is 258 g/mol. The number of hydrogen-bond donors (Lipinski definition) is 0. The number of rotatable bonds is 2. The Bertz CT molecular complexity index is 405. The lowest BCUT2D eigenvalue weighted by Crippen LogP contribution is -2.51. The third-order valence-electron chi connectivity index (χ3n) is 5.60. The lowest BCUT2D eigenvalue weighted by atomic mass is 9.89. The van der Waals surface area contributed by atoms with E-state index in [0.29, 0.717) is 24.3 Å². The molecule has 5 atom stereocenters. The Morgan fingerprint density at radius 2 is 2.10 bits per heavy atom. The van der Waals surface area contributed by atoms with E-state index >= 15 is 0 Å². The number of ether oxygens (including phenoxy) is 3. The Morgan fingerprint density at radius 3 is 2.80 bits per heavy atom. The first-order valence-corrected chi connectivity index (χ1v) is 7.76. The molecule has 3 heterocycles. The van der Waals surface area contributed by atoms with Gasteiger partial charge in [-0.05, 0) is 24.7 Å². The van der Waals surface area contributed by atoms with E-state index in [9.17, 15) is 4.79 Å². The second-order valence-electron chi connectivity index (χ2n) is 6.81. The summed E-state index contributed by atoms with van der Waals surface area (Å²) in [6.45, 7) is 3.87. The van der Waals surface area contributed by atoms with Gasteiger partial charge in [0.15, 0.2) is 0 Å². The smallest absolute Gasteiger partial charge is 0.226 e. The Balaban J connectivity index is 1.41. The molecule has 3 saturated heterocycles. The number of likely N-dealkylation sites (tertiary alicyclic amines) is 1. The van der Waals surface area contributed by atoms with Crippen LogP contribution in [0, 0.1) is 17.8 Å². The predicted octanol–water partition coefficient (Wildman–Crippen LogP) is 0.675. The molecule has 1 spiro atoms. The summed E-state index contributed by atoms with van der Waals surface area (Å²) in [7, 11) is 1.74. The molecule has 4 rings (SSSR count). The van der Waals surface area contributed by atoms with Crippen LogP contribution in [0.15, 0.2) is 0 Å². The molecule has 0 radical (unpaired) electrons. The Kier molecular flexibility index (Phi) is 3.05. The molecule has 4 aliphatic rings. The minimum absolute atomic E-state index is 0.144. The van der Waals surface area contributed by atoms with Gasteiger partial charge in [-0.15, -0.1) is 0 Å². The predicted molar refractivity (Wildman–Crippen MR) is 71.2 cm³/mol. The van der Waals surface area contributed by atoms with E-state index in [1.54, 1.807) is 7.11 Å². The third kappa shape index (κ3) is 1.98. The maximum atomic E-state index is 12.6. The van der Waals surface area contributed by atoms with Crippen LogP contribution in [0.2, 0.25) is 0 Å². The van der Waals surface area contributed by atoms with E-state index in [2.05, 4.69) is 0 Å². The van der Waals surface area contributed by atoms with Crippen molar-refractivity contribution in [2.75, 3.05) is 40.0 Å². The van der Waals surface area contributed by atoms with Crippen LogP contribution in [0.4, 0.5) is 0 Å². The summed E-state index contributed by atoms with van der Waals surface area (Å²) in [5.41, 5.74) is -0.144. The summed E-state index contributed by atoms with van der Waals surface area (Å²) in [6, 6.07) is 0. The zero-order valence-corrected chi connectivity index (χ0v) is 12.0. The molecular formula is C15H23NO4. The number of carbonyl (C=O) groups is 1. The quantitative estimate of drug-likeness (QED) is 0.746. The highest BCUT2D eigenvalue weighted by Gasteiger charge is 2.59. The molecule has 5 nitrogen and oxygen atoms in total. The molecule has 1 amide bonds. The average molecular weight is 281 g/mol. The highest BCUT2D eigenvalue weighted by molar-refractivity contribution is 5.82. The van der Waals surface area contributed by atoms with Crippen molar-refractivity contribution in [2.24, 2.45) is 17.8 Å². The van der Waals surface area contributed by atoms with E-state index in [1.165, 1.54) is 0 Å². The molecule has 1 aliphatic carbocycles. The van der Waals surface area contributed by atoms with Crippen molar-refractivity contribution in [3.05, 3.63) is 0 Å². The summed E-state index contributed by atoms with van der Waals surface area (Å²) in [5.74, 6) is 1.57. The molecule has 4 fully saturated rings. The normalized spacial score (nSPS) is 46.8. The third-order valence-corrected chi connectivity index (χ3v) is 5.60. The summed E-state index contributed by atoms with van der Waals surface area (Å²) < 4.78 is 16.8. The summed E-state index contributed by atoms with van der Waals surface area (Å²) in [6.07, 6.45) is 3.21. The maximum Gasteiger partial charge on any atom is 0.226 e. The van der Waals surface area contributed by atoms with Crippen molar-refractivity contribution in [1.29, 1.82) is 0 Å². The van der Waals surface area contributed by atoms with Gasteiger partial charge in [-0.2, -0.15) is 0 Å². The monoisotopic (exact) mass is 281 g/mol. The number of methoxy groups -OCH3 is 1. The average Bonchev–Trinajstić information content (AvgIpc) is 2.82. The van der Waals surface area contributed by atoms with Gasteiger partial charge in [0.1, 0.15) is 0 Å². The number of piperidine rings is 1. The molecule has 1 saturated carbocycles. The first kappa shape index (κ1) is 13.0. The summed E-state index contributed by atoms with van der Waals surface area (Å²) >= 11 is 0. The van der Waals surface area contributed by atoms with Crippen LogP contribution in [0.25, 0.3) is 0 Å². The van der Waals surface area contributed by atoms with Crippen molar-refractivity contribution in [3.8, 4) is 0 Å². The minimum Gasteiger partial charge on any atom is -0.381 e. The van der Waals surface area contributed by atoms with E-state index in [4.69, 9.17) is 14.2 Å². The van der Waals surface area contributed by atoms with Gasteiger partial charge in [0.25, 0.3) is 0 Å². The molecule has 5 heteroatoms. The van der Waals surface area contributed by atoms with E-state index < -0.39 is 0 Å². The van der Waals surface area contributed by atoms with Crippen molar-refractivity contribution >= 4 is 5.91 Å². The van der Waals surface area contributed by atoms with Gasteiger partial charge in [0, 0.05) is 32.5 Å². The number of hydrogen-bond acceptors (Lipinski definition) is 4. The van der Waals surface area contributed by atoms with Crippen molar-refractivity contribution < 1.29 is 19.0 Å². The zero-order chi connectivity index (χ0) is 13.7. The van der Waals surface area contributed by atoms with E-state index in [-0.39, 0.29) is 17.6 Å². The lowest BCUT2D eigenvalue weighted by molar-refractivity contribution is -0.142. The Morgan fingerprint density at radius 1 is 1.30 bits per heavy atom. The van der Waals surface area contributed by atoms with Gasteiger partial charge in [-0.1, -0.05) is 0 Å². The van der Waals surface area contributed by atoms with Crippen LogP contribution in [0.1, 0.15) is 19.3 Å². The lowest BCUT2D eigenvalue weighted by Gasteiger charge is -2.40. The standard InChI is InChI=1S/C15H23NO4/c1-18-10-5-15(20-6-10)3-2-4-16(9-15)14(17)13-11-7-19-8-12(11)13/h10-13H,2-9H2,1H3/t10-,11-,12+,13?,15+/m0/s1. The highest BCUT2D eigenvalue weighted by atomic mass is 16.6. The maximum absolute atomic E-state index is 12.6. The number of fused-ring (bicyclic) bond motifs is 1. The SMILES string of the molecule is CO[C@@H]1CO[C@]2(CCCN(C(=O)C3[C@H]4COC[C@@H]34)C2)C1. The van der Waals surface area contributed by atoms with Gasteiger partial charge >= 0.3 is 0 Å². The van der Waals surface area contributed by atoms with Gasteiger partial charge in [-0.25, -0.2) is 0 Å². The number of amides is 1. The van der Waals surface area contributed by atoms with Crippen molar-refractivity contribution in [2.45, 2.75) is 31.0 Å². The molecule has 0 aromatic rings. The summed E-state index contributed by atoms with van der Waals surface area (Å²) in [5, 5.41) is 0. The molecule has 0 bridgehead atoms. The first-order valence-electron chi connectivity index (χ1n) is 7.76. The van der Waals surface area contributed by atoms with Crippen LogP contribution < -0.4 is 0 Å². The zero-order valence-electron chi connectivity index (χ0n) is 12.0. The second-order valence-corrected chi connectivity index (χ2v) is 6.81. The molecule has 0 N–H and O–H groups in total. The fourth-order valence-electron chi connectivity index (χ4n) is 4.34. The number of nitrogens with zero attached hydrogens (tertiary/aromatic N) is 1. The second kappa shape index (κ2) is 4.68. The van der Waals surface area contributed by atoms with Gasteiger partial charge in [0.2, 0.25) is 5.91 Å². The summed E-state index contributed by atoms with van der Waals surface area (Å²) in [4.78, 5) is 14.7. The van der Waals surface area contributed by atoms with Gasteiger partial charge in [-0.3, -0.25) is 4.79 Å². The van der Waals surface area contributed by atoms with Gasteiger partial charge < -0.3 is 19.1 Å².